The molecule has 1 aromatic carbocycles. The summed E-state index contributed by atoms with van der Waals surface area (Å²) < 4.78 is 7.24. The molecule has 28 heavy (non-hydrogen) atoms. The van der Waals surface area contributed by atoms with Gasteiger partial charge in [0, 0.05) is 18.3 Å². The number of fused-ring (bicyclic) bond motifs is 1. The maximum atomic E-state index is 5.37. The van der Waals surface area contributed by atoms with Gasteiger partial charge in [0.05, 0.1) is 12.8 Å². The summed E-state index contributed by atoms with van der Waals surface area (Å²) in [6, 6.07) is 12.5. The molecule has 1 saturated heterocycles. The third-order valence-corrected chi connectivity index (χ3v) is 5.20. The van der Waals surface area contributed by atoms with Crippen LogP contribution in [0.4, 0.5) is 5.95 Å². The van der Waals surface area contributed by atoms with Crippen LogP contribution >= 0.6 is 0 Å². The Labute approximate surface area is 163 Å². The molecule has 0 atom stereocenters. The minimum atomic E-state index is 0.553. The van der Waals surface area contributed by atoms with Crippen molar-refractivity contribution in [3.63, 3.8) is 0 Å². The molecule has 0 saturated carbocycles. The van der Waals surface area contributed by atoms with E-state index < -0.39 is 0 Å². The highest BCUT2D eigenvalue weighted by atomic mass is 16.3. The van der Waals surface area contributed by atoms with Crippen LogP contribution in [0.2, 0.25) is 0 Å². The standard InChI is InChI=1S/C21H22N6O/c1-2-10-26(9-1)14-16-5-7-17(8-6-16)19-13-23-21(27-15-24-25-20(19)27)22-12-18-4-3-11-28-18/h3-8,11,13,15H,1-2,9-10,12,14H2,(H,22,23). The summed E-state index contributed by atoms with van der Waals surface area (Å²) in [4.78, 5) is 7.09. The van der Waals surface area contributed by atoms with Gasteiger partial charge in [-0.2, -0.15) is 0 Å². The van der Waals surface area contributed by atoms with Gasteiger partial charge in [-0.05, 0) is 49.2 Å². The first kappa shape index (κ1) is 16.9. The average Bonchev–Trinajstić information content (AvgIpc) is 3.49. The van der Waals surface area contributed by atoms with Crippen molar-refractivity contribution in [2.75, 3.05) is 18.4 Å². The van der Waals surface area contributed by atoms with E-state index in [1.165, 1.54) is 31.5 Å². The molecule has 0 spiro atoms. The zero-order valence-electron chi connectivity index (χ0n) is 15.6. The van der Waals surface area contributed by atoms with Gasteiger partial charge in [0.15, 0.2) is 5.65 Å². The number of hydrogen-bond donors (Lipinski definition) is 1. The van der Waals surface area contributed by atoms with Crippen LogP contribution < -0.4 is 5.32 Å². The highest BCUT2D eigenvalue weighted by molar-refractivity contribution is 5.77. The van der Waals surface area contributed by atoms with E-state index in [0.29, 0.717) is 12.5 Å². The van der Waals surface area contributed by atoms with Crippen molar-refractivity contribution in [2.45, 2.75) is 25.9 Å². The summed E-state index contributed by atoms with van der Waals surface area (Å²) in [5.74, 6) is 1.53. The lowest BCUT2D eigenvalue weighted by Gasteiger charge is -2.15. The Balaban J connectivity index is 1.38. The van der Waals surface area contributed by atoms with Gasteiger partial charge in [-0.1, -0.05) is 24.3 Å². The molecule has 7 heteroatoms. The fraction of sp³-hybridized carbons (Fsp3) is 0.286. The van der Waals surface area contributed by atoms with Crippen molar-refractivity contribution < 1.29 is 4.42 Å². The van der Waals surface area contributed by atoms with Gasteiger partial charge in [0.2, 0.25) is 5.95 Å². The van der Waals surface area contributed by atoms with E-state index in [-0.39, 0.29) is 0 Å². The number of likely N-dealkylation sites (tertiary alicyclic amines) is 1. The van der Waals surface area contributed by atoms with Crippen molar-refractivity contribution in [1.29, 1.82) is 0 Å². The van der Waals surface area contributed by atoms with Crippen molar-refractivity contribution in [1.82, 2.24) is 24.5 Å². The largest absolute Gasteiger partial charge is 0.467 e. The second kappa shape index (κ2) is 7.44. The van der Waals surface area contributed by atoms with Crippen molar-refractivity contribution >= 4 is 11.6 Å². The second-order valence-corrected chi connectivity index (χ2v) is 7.13. The molecule has 1 aliphatic heterocycles. The fourth-order valence-corrected chi connectivity index (χ4v) is 3.72. The minimum absolute atomic E-state index is 0.553. The van der Waals surface area contributed by atoms with Crippen molar-refractivity contribution in [3.05, 3.63) is 66.5 Å². The van der Waals surface area contributed by atoms with Gasteiger partial charge in [-0.25, -0.2) is 4.98 Å². The summed E-state index contributed by atoms with van der Waals surface area (Å²) in [5.41, 5.74) is 4.18. The van der Waals surface area contributed by atoms with Crippen LogP contribution in [0.3, 0.4) is 0 Å². The zero-order valence-corrected chi connectivity index (χ0v) is 15.6. The second-order valence-electron chi connectivity index (χ2n) is 7.13. The lowest BCUT2D eigenvalue weighted by molar-refractivity contribution is 0.331. The normalized spacial score (nSPS) is 14.7. The third-order valence-electron chi connectivity index (χ3n) is 5.20. The summed E-state index contributed by atoms with van der Waals surface area (Å²) in [7, 11) is 0. The molecular weight excluding hydrogens is 352 g/mol. The van der Waals surface area contributed by atoms with Gasteiger partial charge in [0.25, 0.3) is 0 Å². The van der Waals surface area contributed by atoms with Crippen LogP contribution in [0.15, 0.2) is 59.6 Å². The van der Waals surface area contributed by atoms with Crippen LogP contribution in [0.5, 0.6) is 0 Å². The van der Waals surface area contributed by atoms with Gasteiger partial charge in [-0.15, -0.1) is 10.2 Å². The number of furan rings is 1. The molecule has 7 nitrogen and oxygen atoms in total. The SMILES string of the molecule is c1coc(CNc2ncc(-c3ccc(CN4CCCC4)cc3)c3nncn23)c1. The van der Waals surface area contributed by atoms with Gasteiger partial charge < -0.3 is 9.73 Å². The Morgan fingerprint density at radius 1 is 1.07 bits per heavy atom. The predicted octanol–water partition coefficient (Wildman–Crippen LogP) is 3.59. The van der Waals surface area contributed by atoms with Gasteiger partial charge in [-0.3, -0.25) is 9.30 Å². The molecule has 3 aromatic heterocycles. The van der Waals surface area contributed by atoms with Crippen LogP contribution in [-0.4, -0.2) is 37.6 Å². The molecule has 4 heterocycles. The van der Waals surface area contributed by atoms with Crippen molar-refractivity contribution in [2.24, 2.45) is 0 Å². The number of benzene rings is 1. The molecular formula is C21H22N6O. The molecule has 0 bridgehead atoms. The number of nitrogens with zero attached hydrogens (tertiary/aromatic N) is 5. The summed E-state index contributed by atoms with van der Waals surface area (Å²) >= 11 is 0. The quantitative estimate of drug-likeness (QED) is 0.556. The number of aromatic nitrogens is 4. The number of hydrogen-bond acceptors (Lipinski definition) is 6. The monoisotopic (exact) mass is 374 g/mol. The first-order valence-electron chi connectivity index (χ1n) is 9.63. The lowest BCUT2D eigenvalue weighted by Crippen LogP contribution is -2.18. The highest BCUT2D eigenvalue weighted by Crippen LogP contribution is 2.25. The Morgan fingerprint density at radius 2 is 1.93 bits per heavy atom. The molecule has 1 aliphatic rings. The number of anilines is 1. The molecule has 0 radical (unpaired) electrons. The molecule has 5 rings (SSSR count). The third kappa shape index (κ3) is 3.36. The Kier molecular flexibility index (Phi) is 4.50. The van der Waals surface area contributed by atoms with E-state index in [0.717, 1.165) is 29.1 Å². The van der Waals surface area contributed by atoms with E-state index in [9.17, 15) is 0 Å². The zero-order chi connectivity index (χ0) is 18.8. The topological polar surface area (TPSA) is 71.5 Å². The van der Waals surface area contributed by atoms with Crippen LogP contribution in [0.25, 0.3) is 16.8 Å². The van der Waals surface area contributed by atoms with Crippen LogP contribution in [0, 0.1) is 0 Å². The summed E-state index contributed by atoms with van der Waals surface area (Å²) in [6.07, 6.45) is 7.82. The maximum absolute atomic E-state index is 5.37. The van der Waals surface area contributed by atoms with Crippen LogP contribution in [-0.2, 0) is 13.1 Å². The molecule has 0 aliphatic carbocycles. The fourth-order valence-electron chi connectivity index (χ4n) is 3.72. The Morgan fingerprint density at radius 3 is 2.71 bits per heavy atom. The van der Waals surface area contributed by atoms with Crippen molar-refractivity contribution in [3.8, 4) is 11.1 Å². The van der Waals surface area contributed by atoms with E-state index in [2.05, 4.69) is 49.7 Å². The molecule has 1 fully saturated rings. The Hall–Kier alpha value is -3.19. The smallest absolute Gasteiger partial charge is 0.210 e. The Bertz CT molecular complexity index is 1050. The molecule has 0 amide bonds. The van der Waals surface area contributed by atoms with E-state index in [1.54, 1.807) is 12.6 Å². The van der Waals surface area contributed by atoms with E-state index in [1.807, 2.05) is 22.7 Å². The molecule has 0 unspecified atom stereocenters. The van der Waals surface area contributed by atoms with Gasteiger partial charge >= 0.3 is 0 Å². The maximum Gasteiger partial charge on any atom is 0.210 e. The van der Waals surface area contributed by atoms with Crippen LogP contribution in [0.1, 0.15) is 24.2 Å². The predicted molar refractivity (Wildman–Crippen MR) is 107 cm³/mol. The first-order valence-corrected chi connectivity index (χ1v) is 9.63. The average molecular weight is 374 g/mol. The van der Waals surface area contributed by atoms with E-state index >= 15 is 0 Å². The molecule has 4 aromatic rings. The van der Waals surface area contributed by atoms with Gasteiger partial charge in [0.1, 0.15) is 12.1 Å². The lowest BCUT2D eigenvalue weighted by atomic mass is 10.1. The van der Waals surface area contributed by atoms with E-state index in [4.69, 9.17) is 4.42 Å². The first-order chi connectivity index (χ1) is 13.9. The number of nitrogens with one attached hydrogen (secondary N) is 1. The number of rotatable bonds is 6. The molecule has 142 valence electrons. The summed E-state index contributed by atoms with van der Waals surface area (Å²) in [6.45, 7) is 3.99. The highest BCUT2D eigenvalue weighted by Gasteiger charge is 2.13. The minimum Gasteiger partial charge on any atom is -0.467 e. The summed E-state index contributed by atoms with van der Waals surface area (Å²) in [5, 5.41) is 11.7. The molecule has 1 N–H and O–H groups in total.